The van der Waals surface area contributed by atoms with Crippen molar-refractivity contribution in [1.82, 2.24) is 0 Å². The zero-order valence-electron chi connectivity index (χ0n) is 20.2. The van der Waals surface area contributed by atoms with Crippen LogP contribution in [0, 0.1) is 23.6 Å². The lowest BCUT2D eigenvalue weighted by Gasteiger charge is -2.29. The predicted molar refractivity (Wildman–Crippen MR) is 129 cm³/mol. The Bertz CT molecular complexity index is 944. The lowest BCUT2D eigenvalue weighted by molar-refractivity contribution is -0.145. The molecule has 2 atom stereocenters. The van der Waals surface area contributed by atoms with Gasteiger partial charge in [0.1, 0.15) is 11.6 Å². The SMILES string of the molecule is CCc1ccc(F)c([C@H]2CC[C@H](COc3cccc([C@H](C4CC4)[C@H](C)C(=O)OC)c3)CC2)c1. The molecule has 0 bridgehead atoms. The van der Waals surface area contributed by atoms with Gasteiger partial charge in [-0.1, -0.05) is 38.1 Å². The van der Waals surface area contributed by atoms with E-state index >= 15 is 0 Å². The zero-order chi connectivity index (χ0) is 23.4. The Morgan fingerprint density at radius 3 is 2.48 bits per heavy atom. The van der Waals surface area contributed by atoms with E-state index < -0.39 is 0 Å². The van der Waals surface area contributed by atoms with E-state index in [0.717, 1.165) is 43.4 Å². The number of halogens is 1. The van der Waals surface area contributed by atoms with Crippen molar-refractivity contribution < 1.29 is 18.7 Å². The average molecular weight is 453 g/mol. The van der Waals surface area contributed by atoms with Gasteiger partial charge in [-0.25, -0.2) is 4.39 Å². The van der Waals surface area contributed by atoms with E-state index in [9.17, 15) is 9.18 Å². The second kappa shape index (κ2) is 10.7. The monoisotopic (exact) mass is 452 g/mol. The highest BCUT2D eigenvalue weighted by atomic mass is 19.1. The smallest absolute Gasteiger partial charge is 0.309 e. The Hall–Kier alpha value is -2.36. The minimum Gasteiger partial charge on any atom is -0.493 e. The van der Waals surface area contributed by atoms with Crippen LogP contribution >= 0.6 is 0 Å². The van der Waals surface area contributed by atoms with Crippen LogP contribution in [0.1, 0.15) is 80.9 Å². The van der Waals surface area contributed by atoms with Gasteiger partial charge in [-0.2, -0.15) is 0 Å². The Balaban J connectivity index is 1.34. The summed E-state index contributed by atoms with van der Waals surface area (Å²) in [5.74, 6) is 2.07. The number of aryl methyl sites for hydroxylation is 1. The quantitative estimate of drug-likeness (QED) is 0.383. The predicted octanol–water partition coefficient (Wildman–Crippen LogP) is 7.04. The first-order chi connectivity index (χ1) is 16.0. The van der Waals surface area contributed by atoms with Gasteiger partial charge in [-0.3, -0.25) is 4.79 Å². The molecule has 0 saturated heterocycles. The number of carbonyl (C=O) groups is 1. The molecule has 2 saturated carbocycles. The lowest BCUT2D eigenvalue weighted by Crippen LogP contribution is -2.22. The number of ether oxygens (including phenoxy) is 2. The molecule has 2 aromatic carbocycles. The van der Waals surface area contributed by atoms with Gasteiger partial charge in [-0.15, -0.1) is 0 Å². The van der Waals surface area contributed by atoms with E-state index in [-0.39, 0.29) is 23.6 Å². The molecule has 2 aliphatic carbocycles. The number of methoxy groups -OCH3 is 1. The first-order valence-electron chi connectivity index (χ1n) is 12.6. The van der Waals surface area contributed by atoms with Gasteiger partial charge < -0.3 is 9.47 Å². The van der Waals surface area contributed by atoms with Crippen LogP contribution in [0.15, 0.2) is 42.5 Å². The molecule has 178 valence electrons. The highest BCUT2D eigenvalue weighted by Gasteiger charge is 2.39. The summed E-state index contributed by atoms with van der Waals surface area (Å²) in [4.78, 5) is 12.2. The van der Waals surface area contributed by atoms with Gasteiger partial charge in [0.05, 0.1) is 19.6 Å². The van der Waals surface area contributed by atoms with Gasteiger partial charge in [0.15, 0.2) is 0 Å². The Morgan fingerprint density at radius 2 is 1.82 bits per heavy atom. The standard InChI is InChI=1S/C29H37FO3/c1-4-20-10-15-27(30)26(16-20)22-11-8-21(9-12-22)18-33-25-7-5-6-24(17-25)28(23-13-14-23)19(2)29(31)32-3/h5-7,10,15-17,19,21-23,28H,4,8-9,11-14,18H2,1-3H3/t19-,21-,22-,28-/m0/s1. The van der Waals surface area contributed by atoms with Crippen molar-refractivity contribution in [2.24, 2.45) is 17.8 Å². The number of hydrogen-bond acceptors (Lipinski definition) is 3. The molecular weight excluding hydrogens is 415 g/mol. The molecule has 0 aliphatic heterocycles. The van der Waals surface area contributed by atoms with Crippen LogP contribution in [-0.2, 0) is 16.0 Å². The fourth-order valence-electron chi connectivity index (χ4n) is 5.55. The van der Waals surface area contributed by atoms with Crippen LogP contribution in [0.4, 0.5) is 4.39 Å². The first kappa shape index (κ1) is 23.8. The summed E-state index contributed by atoms with van der Waals surface area (Å²) in [6.45, 7) is 4.78. The van der Waals surface area contributed by atoms with Gasteiger partial charge in [0.2, 0.25) is 0 Å². The molecule has 0 N–H and O–H groups in total. The minimum absolute atomic E-state index is 0.0601. The van der Waals surface area contributed by atoms with Crippen molar-refractivity contribution >= 4 is 5.97 Å². The van der Waals surface area contributed by atoms with Crippen LogP contribution in [0.25, 0.3) is 0 Å². The first-order valence-corrected chi connectivity index (χ1v) is 12.6. The summed E-state index contributed by atoms with van der Waals surface area (Å²) >= 11 is 0. The van der Waals surface area contributed by atoms with Gasteiger partial charge in [-0.05, 0) is 104 Å². The largest absolute Gasteiger partial charge is 0.493 e. The Kier molecular flexibility index (Phi) is 7.72. The van der Waals surface area contributed by atoms with Gasteiger partial charge in [0.25, 0.3) is 0 Å². The third-order valence-electron chi connectivity index (χ3n) is 7.73. The summed E-state index contributed by atoms with van der Waals surface area (Å²) in [6, 6.07) is 13.9. The average Bonchev–Trinajstić information content (AvgIpc) is 3.68. The van der Waals surface area contributed by atoms with Gasteiger partial charge in [0, 0.05) is 0 Å². The maximum absolute atomic E-state index is 14.4. The highest BCUT2D eigenvalue weighted by molar-refractivity contribution is 5.73. The van der Waals surface area contributed by atoms with Crippen LogP contribution in [-0.4, -0.2) is 19.7 Å². The Morgan fingerprint density at radius 1 is 1.06 bits per heavy atom. The van der Waals surface area contributed by atoms with Crippen molar-refractivity contribution in [2.45, 2.75) is 70.6 Å². The normalized spacial score (nSPS) is 22.4. The van der Waals surface area contributed by atoms with E-state index in [2.05, 4.69) is 25.1 Å². The number of carbonyl (C=O) groups excluding carboxylic acids is 1. The molecule has 0 spiro atoms. The molecule has 3 nitrogen and oxygen atoms in total. The molecule has 0 radical (unpaired) electrons. The summed E-state index contributed by atoms with van der Waals surface area (Å²) < 4.78 is 25.6. The van der Waals surface area contributed by atoms with E-state index in [1.165, 1.54) is 31.1 Å². The zero-order valence-corrected chi connectivity index (χ0v) is 20.2. The third-order valence-corrected chi connectivity index (χ3v) is 7.73. The maximum Gasteiger partial charge on any atom is 0.309 e. The molecule has 4 heteroatoms. The molecule has 2 fully saturated rings. The van der Waals surface area contributed by atoms with Crippen molar-refractivity contribution in [1.29, 1.82) is 0 Å². The van der Waals surface area contributed by atoms with Crippen molar-refractivity contribution in [3.63, 3.8) is 0 Å². The fraction of sp³-hybridized carbons (Fsp3) is 0.552. The van der Waals surface area contributed by atoms with Crippen LogP contribution in [0.3, 0.4) is 0 Å². The molecule has 2 aromatic rings. The summed E-state index contributed by atoms with van der Waals surface area (Å²) in [7, 11) is 1.46. The van der Waals surface area contributed by atoms with Crippen LogP contribution < -0.4 is 4.74 Å². The third kappa shape index (κ3) is 5.77. The Labute approximate surface area is 197 Å². The van der Waals surface area contributed by atoms with E-state index in [0.29, 0.717) is 24.4 Å². The van der Waals surface area contributed by atoms with Crippen molar-refractivity contribution in [3.8, 4) is 5.75 Å². The van der Waals surface area contributed by atoms with E-state index in [4.69, 9.17) is 9.47 Å². The van der Waals surface area contributed by atoms with Crippen molar-refractivity contribution in [2.75, 3.05) is 13.7 Å². The molecule has 0 unspecified atom stereocenters. The number of rotatable bonds is 9. The molecular formula is C29H37FO3. The summed E-state index contributed by atoms with van der Waals surface area (Å²) in [5.41, 5.74) is 3.28. The summed E-state index contributed by atoms with van der Waals surface area (Å²) in [6.07, 6.45) is 7.42. The number of benzene rings is 2. The van der Waals surface area contributed by atoms with Crippen LogP contribution in [0.2, 0.25) is 0 Å². The van der Waals surface area contributed by atoms with Gasteiger partial charge >= 0.3 is 5.97 Å². The highest BCUT2D eigenvalue weighted by Crippen LogP contribution is 2.47. The molecule has 0 heterocycles. The minimum atomic E-state index is -0.153. The molecule has 0 aromatic heterocycles. The summed E-state index contributed by atoms with van der Waals surface area (Å²) in [5, 5.41) is 0. The second-order valence-corrected chi connectivity index (χ2v) is 9.99. The fourth-order valence-corrected chi connectivity index (χ4v) is 5.55. The molecule has 2 aliphatic rings. The molecule has 33 heavy (non-hydrogen) atoms. The second-order valence-electron chi connectivity index (χ2n) is 9.99. The maximum atomic E-state index is 14.4. The molecule has 0 amide bonds. The lowest BCUT2D eigenvalue weighted by atomic mass is 9.78. The topological polar surface area (TPSA) is 35.5 Å². The number of esters is 1. The van der Waals surface area contributed by atoms with E-state index in [1.54, 1.807) is 6.07 Å². The van der Waals surface area contributed by atoms with Crippen molar-refractivity contribution in [3.05, 3.63) is 65.0 Å². The van der Waals surface area contributed by atoms with E-state index in [1.807, 2.05) is 25.1 Å². The number of hydrogen-bond donors (Lipinski definition) is 0. The van der Waals surface area contributed by atoms with Crippen LogP contribution in [0.5, 0.6) is 5.75 Å². The molecule has 4 rings (SSSR count).